The highest BCUT2D eigenvalue weighted by Crippen LogP contribution is 2.31. The van der Waals surface area contributed by atoms with Crippen LogP contribution in [0.1, 0.15) is 19.8 Å². The van der Waals surface area contributed by atoms with E-state index in [1.54, 1.807) is 12.1 Å². The van der Waals surface area contributed by atoms with E-state index in [9.17, 15) is 12.6 Å². The molecule has 2 N–H and O–H groups in total. The van der Waals surface area contributed by atoms with E-state index in [4.69, 9.17) is 5.73 Å². The Balaban J connectivity index is 2.21. The monoisotopic (exact) mass is 301 g/mol. The number of hydrogen-bond donors (Lipinski definition) is 1. The first-order chi connectivity index (χ1) is 8.80. The molecule has 1 aliphatic carbocycles. The summed E-state index contributed by atoms with van der Waals surface area (Å²) in [5.41, 5.74) is 5.95. The van der Waals surface area contributed by atoms with Crippen LogP contribution in [0.2, 0.25) is 0 Å². The zero-order valence-corrected chi connectivity index (χ0v) is 12.7. The fraction of sp³-hybridized carbons (Fsp3) is 0.538. The molecule has 4 atom stereocenters. The molecule has 106 valence electrons. The molecule has 0 amide bonds. The maximum atomic E-state index is 12.5. The van der Waals surface area contributed by atoms with E-state index in [1.165, 1.54) is 12.1 Å². The van der Waals surface area contributed by atoms with Crippen molar-refractivity contribution in [2.24, 2.45) is 11.7 Å². The summed E-state index contributed by atoms with van der Waals surface area (Å²) in [5.74, 6) is 0.232. The molecule has 19 heavy (non-hydrogen) atoms. The van der Waals surface area contributed by atoms with E-state index in [-0.39, 0.29) is 22.1 Å². The van der Waals surface area contributed by atoms with Crippen molar-refractivity contribution in [3.05, 3.63) is 24.3 Å². The van der Waals surface area contributed by atoms with E-state index >= 15 is 0 Å². The van der Waals surface area contributed by atoms with Crippen molar-refractivity contribution in [2.45, 2.75) is 40.8 Å². The Morgan fingerprint density at radius 2 is 1.79 bits per heavy atom. The Morgan fingerprint density at radius 3 is 2.21 bits per heavy atom. The Hall–Kier alpha value is -0.720. The third-order valence-electron chi connectivity index (χ3n) is 3.81. The molecule has 1 aromatic carbocycles. The summed E-state index contributed by atoms with van der Waals surface area (Å²) in [6.07, 6.45) is 2.93. The molecule has 0 radical (unpaired) electrons. The topological polar surface area (TPSA) is 77.2 Å². The van der Waals surface area contributed by atoms with Crippen LogP contribution in [0.15, 0.2) is 34.1 Å². The van der Waals surface area contributed by atoms with Gasteiger partial charge in [-0.15, -0.1) is 0 Å². The predicted molar refractivity (Wildman–Crippen MR) is 76.1 cm³/mol. The summed E-state index contributed by atoms with van der Waals surface area (Å²) < 4.78 is 35.2. The van der Waals surface area contributed by atoms with Gasteiger partial charge in [-0.05, 0) is 43.0 Å². The highest BCUT2D eigenvalue weighted by atomic mass is 32.2. The van der Waals surface area contributed by atoms with E-state index in [0.29, 0.717) is 4.90 Å². The molecule has 6 heteroatoms. The van der Waals surface area contributed by atoms with Crippen molar-refractivity contribution in [1.29, 1.82) is 0 Å². The minimum absolute atomic E-state index is 0.0686. The Kier molecular flexibility index (Phi) is 4.13. The lowest BCUT2D eigenvalue weighted by atomic mass is 10.1. The van der Waals surface area contributed by atoms with Gasteiger partial charge in [0.05, 0.1) is 15.7 Å². The van der Waals surface area contributed by atoms with Crippen molar-refractivity contribution in [1.82, 2.24) is 0 Å². The summed E-state index contributed by atoms with van der Waals surface area (Å²) in [5, 5.41) is 0.0686. The van der Waals surface area contributed by atoms with E-state index in [1.807, 2.05) is 6.92 Å². The SMILES string of the molecule is CC1C(N)CCC1S(=O)c1ccc(S(C)(=O)=O)cc1. The first kappa shape index (κ1) is 14.7. The highest BCUT2D eigenvalue weighted by Gasteiger charge is 2.34. The molecule has 1 fully saturated rings. The van der Waals surface area contributed by atoms with Gasteiger partial charge in [0.25, 0.3) is 0 Å². The number of benzene rings is 1. The van der Waals surface area contributed by atoms with Crippen molar-refractivity contribution in [3.8, 4) is 0 Å². The number of nitrogens with two attached hydrogens (primary N) is 1. The van der Waals surface area contributed by atoms with Crippen LogP contribution >= 0.6 is 0 Å². The van der Waals surface area contributed by atoms with Gasteiger partial charge in [0.2, 0.25) is 0 Å². The standard InChI is InChI=1S/C13H19NO3S2/c1-9-12(14)7-8-13(9)18(15)10-3-5-11(6-4-10)19(2,16)17/h3-6,9,12-13H,7-8,14H2,1-2H3. The lowest BCUT2D eigenvalue weighted by molar-refractivity contribution is 0.526. The second-order valence-corrected chi connectivity index (χ2v) is 8.87. The van der Waals surface area contributed by atoms with Gasteiger partial charge < -0.3 is 5.73 Å². The van der Waals surface area contributed by atoms with Crippen LogP contribution in [0.3, 0.4) is 0 Å². The average molecular weight is 301 g/mol. The molecule has 0 heterocycles. The van der Waals surface area contributed by atoms with Gasteiger partial charge in [-0.2, -0.15) is 0 Å². The minimum atomic E-state index is -3.20. The van der Waals surface area contributed by atoms with Crippen LogP contribution in [-0.2, 0) is 20.6 Å². The summed E-state index contributed by atoms with van der Waals surface area (Å²) >= 11 is 0. The van der Waals surface area contributed by atoms with Gasteiger partial charge in [0.15, 0.2) is 9.84 Å². The lowest BCUT2D eigenvalue weighted by Crippen LogP contribution is -2.29. The average Bonchev–Trinajstić information content (AvgIpc) is 2.68. The maximum absolute atomic E-state index is 12.5. The maximum Gasteiger partial charge on any atom is 0.175 e. The van der Waals surface area contributed by atoms with Crippen molar-refractivity contribution in [3.63, 3.8) is 0 Å². The Morgan fingerprint density at radius 1 is 1.21 bits per heavy atom. The molecule has 1 saturated carbocycles. The third-order valence-corrected chi connectivity index (χ3v) is 6.89. The molecule has 0 spiro atoms. The van der Waals surface area contributed by atoms with Crippen LogP contribution in [0.5, 0.6) is 0 Å². The van der Waals surface area contributed by atoms with E-state index < -0.39 is 20.6 Å². The molecule has 0 saturated heterocycles. The Bertz CT molecular complexity index is 580. The number of sulfone groups is 1. The molecule has 1 aromatic rings. The zero-order chi connectivity index (χ0) is 14.2. The molecule has 2 rings (SSSR count). The molecular formula is C13H19NO3S2. The lowest BCUT2D eigenvalue weighted by Gasteiger charge is -2.17. The molecule has 4 unspecified atom stereocenters. The molecule has 0 bridgehead atoms. The first-order valence-corrected chi connectivity index (χ1v) is 9.37. The fourth-order valence-corrected chi connectivity index (χ4v) is 4.78. The summed E-state index contributed by atoms with van der Waals surface area (Å²) in [7, 11) is -4.32. The van der Waals surface area contributed by atoms with Crippen molar-refractivity contribution >= 4 is 20.6 Å². The second-order valence-electron chi connectivity index (χ2n) is 5.18. The fourth-order valence-electron chi connectivity index (χ4n) is 2.46. The Labute approximate surface area is 116 Å². The molecule has 4 nitrogen and oxygen atoms in total. The minimum Gasteiger partial charge on any atom is -0.327 e. The molecule has 1 aliphatic rings. The van der Waals surface area contributed by atoms with E-state index in [0.717, 1.165) is 19.1 Å². The summed E-state index contributed by atoms with van der Waals surface area (Å²) in [4.78, 5) is 0.933. The van der Waals surface area contributed by atoms with Gasteiger partial charge in [-0.25, -0.2) is 8.42 Å². The van der Waals surface area contributed by atoms with Gasteiger partial charge >= 0.3 is 0 Å². The van der Waals surface area contributed by atoms with Crippen molar-refractivity contribution in [2.75, 3.05) is 6.26 Å². The normalized spacial score (nSPS) is 29.3. The van der Waals surface area contributed by atoms with Gasteiger partial charge in [-0.1, -0.05) is 6.92 Å². The van der Waals surface area contributed by atoms with Gasteiger partial charge in [-0.3, -0.25) is 4.21 Å². The van der Waals surface area contributed by atoms with Gasteiger partial charge in [0, 0.05) is 22.4 Å². The van der Waals surface area contributed by atoms with Crippen LogP contribution in [-0.4, -0.2) is 30.2 Å². The second kappa shape index (κ2) is 5.34. The quantitative estimate of drug-likeness (QED) is 0.913. The van der Waals surface area contributed by atoms with Crippen LogP contribution < -0.4 is 5.73 Å². The van der Waals surface area contributed by atoms with Gasteiger partial charge in [0.1, 0.15) is 0 Å². The number of rotatable bonds is 3. The van der Waals surface area contributed by atoms with Crippen molar-refractivity contribution < 1.29 is 12.6 Å². The van der Waals surface area contributed by atoms with E-state index in [2.05, 4.69) is 0 Å². The summed E-state index contributed by atoms with van der Waals surface area (Å²) in [6, 6.07) is 6.43. The predicted octanol–water partition coefficient (Wildman–Crippen LogP) is 1.32. The van der Waals surface area contributed by atoms with Crippen LogP contribution in [0.25, 0.3) is 0 Å². The van der Waals surface area contributed by atoms with Crippen LogP contribution in [0, 0.1) is 5.92 Å². The summed E-state index contributed by atoms with van der Waals surface area (Å²) in [6.45, 7) is 2.03. The van der Waals surface area contributed by atoms with Crippen LogP contribution in [0.4, 0.5) is 0 Å². The smallest absolute Gasteiger partial charge is 0.175 e. The largest absolute Gasteiger partial charge is 0.327 e. The zero-order valence-electron chi connectivity index (χ0n) is 11.1. The molecular weight excluding hydrogens is 282 g/mol. The first-order valence-electron chi connectivity index (χ1n) is 6.27. The molecule has 0 aromatic heterocycles. The third kappa shape index (κ3) is 3.07. The molecule has 0 aliphatic heterocycles. The number of hydrogen-bond acceptors (Lipinski definition) is 4. The highest BCUT2D eigenvalue weighted by molar-refractivity contribution is 7.90.